The molecule has 0 aliphatic heterocycles. The van der Waals surface area contributed by atoms with Crippen LogP contribution in [0.2, 0.25) is 0 Å². The number of anilines is 1. The Hall–Kier alpha value is -1.10. The number of ether oxygens (including phenoxy) is 1. The summed E-state index contributed by atoms with van der Waals surface area (Å²) in [6.07, 6.45) is 2.63. The van der Waals surface area contributed by atoms with Gasteiger partial charge < -0.3 is 10.5 Å². The number of nitrogens with two attached hydrogens (primary N) is 1. The van der Waals surface area contributed by atoms with Gasteiger partial charge >= 0.3 is 0 Å². The van der Waals surface area contributed by atoms with Crippen molar-refractivity contribution in [3.8, 4) is 0 Å². The highest BCUT2D eigenvalue weighted by atomic mass is 16.5. The van der Waals surface area contributed by atoms with Crippen molar-refractivity contribution in [1.29, 1.82) is 0 Å². The van der Waals surface area contributed by atoms with Gasteiger partial charge in [-0.2, -0.15) is 0 Å². The van der Waals surface area contributed by atoms with Gasteiger partial charge in [0.25, 0.3) is 0 Å². The van der Waals surface area contributed by atoms with Crippen LogP contribution in [0.4, 0.5) is 5.82 Å². The lowest BCUT2D eigenvalue weighted by Crippen LogP contribution is -2.01. The highest BCUT2D eigenvalue weighted by Crippen LogP contribution is 1.93. The molecule has 2 N–H and O–H groups in total. The smallest absolute Gasteiger partial charge is 0.165 e. The van der Waals surface area contributed by atoms with Gasteiger partial charge in [-0.25, -0.2) is 0 Å². The Labute approximate surface area is 65.1 Å². The maximum absolute atomic E-state index is 5.36. The summed E-state index contributed by atoms with van der Waals surface area (Å²) in [4.78, 5) is 0. The fraction of sp³-hybridized carbons (Fsp3) is 0.667. The molecule has 1 aromatic rings. The minimum atomic E-state index is 0.461. The molecule has 0 aliphatic carbocycles. The summed E-state index contributed by atoms with van der Waals surface area (Å²) >= 11 is 0. The van der Waals surface area contributed by atoms with Gasteiger partial charge in [0, 0.05) is 20.3 Å². The van der Waals surface area contributed by atoms with Crippen LogP contribution in [0, 0.1) is 0 Å². The molecule has 0 spiro atoms. The molecule has 11 heavy (non-hydrogen) atoms. The van der Waals surface area contributed by atoms with Crippen molar-refractivity contribution < 1.29 is 4.74 Å². The zero-order valence-electron chi connectivity index (χ0n) is 6.53. The van der Waals surface area contributed by atoms with E-state index in [4.69, 9.17) is 10.5 Å². The molecule has 0 saturated heterocycles. The number of hydrogen-bond acceptors (Lipinski definition) is 4. The molecule has 1 heterocycles. The van der Waals surface area contributed by atoms with E-state index in [1.807, 2.05) is 0 Å². The van der Waals surface area contributed by atoms with Crippen molar-refractivity contribution in [3.05, 3.63) is 6.20 Å². The lowest BCUT2D eigenvalue weighted by Gasteiger charge is -1.97. The van der Waals surface area contributed by atoms with Gasteiger partial charge in [0.1, 0.15) is 0 Å². The standard InChI is InChI=1S/C6H12N4O/c1-11-4-2-3-10-5-6(7)8-9-10/h5H,2-4,7H2,1H3. The van der Waals surface area contributed by atoms with Crippen LogP contribution in [-0.4, -0.2) is 28.7 Å². The first-order valence-corrected chi connectivity index (χ1v) is 3.47. The quantitative estimate of drug-likeness (QED) is 0.618. The van der Waals surface area contributed by atoms with Crippen LogP contribution < -0.4 is 5.73 Å². The molecule has 0 radical (unpaired) electrons. The molecule has 1 aromatic heterocycles. The molecule has 0 fully saturated rings. The number of hydrogen-bond donors (Lipinski definition) is 1. The van der Waals surface area contributed by atoms with Crippen LogP contribution in [0.1, 0.15) is 6.42 Å². The fourth-order valence-electron chi connectivity index (χ4n) is 0.794. The van der Waals surface area contributed by atoms with Crippen LogP contribution in [0.25, 0.3) is 0 Å². The third-order valence-electron chi connectivity index (χ3n) is 1.29. The minimum absolute atomic E-state index is 0.461. The van der Waals surface area contributed by atoms with Crippen molar-refractivity contribution in [2.24, 2.45) is 0 Å². The first-order chi connectivity index (χ1) is 5.33. The molecule has 0 atom stereocenters. The van der Waals surface area contributed by atoms with Gasteiger partial charge in [0.2, 0.25) is 0 Å². The van der Waals surface area contributed by atoms with E-state index in [0.717, 1.165) is 19.6 Å². The van der Waals surface area contributed by atoms with Crippen LogP contribution in [0.15, 0.2) is 6.20 Å². The van der Waals surface area contributed by atoms with E-state index in [-0.39, 0.29) is 0 Å². The number of rotatable bonds is 4. The van der Waals surface area contributed by atoms with Gasteiger partial charge in [-0.1, -0.05) is 5.21 Å². The normalized spacial score (nSPS) is 10.3. The van der Waals surface area contributed by atoms with Crippen LogP contribution in [-0.2, 0) is 11.3 Å². The number of aromatic nitrogens is 3. The summed E-state index contributed by atoms with van der Waals surface area (Å²) in [6, 6.07) is 0. The molecule has 0 amide bonds. The summed E-state index contributed by atoms with van der Waals surface area (Å²) in [5.74, 6) is 0.461. The highest BCUT2D eigenvalue weighted by molar-refractivity contribution is 5.19. The molecule has 1 rings (SSSR count). The molecule has 0 aliphatic rings. The predicted octanol–water partition coefficient (Wildman–Crippen LogP) is -0.103. The van der Waals surface area contributed by atoms with Crippen molar-refractivity contribution in [2.45, 2.75) is 13.0 Å². The van der Waals surface area contributed by atoms with Gasteiger partial charge in [-0.15, -0.1) is 5.10 Å². The van der Waals surface area contributed by atoms with Crippen molar-refractivity contribution in [2.75, 3.05) is 19.5 Å². The van der Waals surface area contributed by atoms with E-state index < -0.39 is 0 Å². The predicted molar refractivity (Wildman–Crippen MR) is 40.9 cm³/mol. The molecule has 5 nitrogen and oxygen atoms in total. The second kappa shape index (κ2) is 3.92. The molecule has 0 aromatic carbocycles. The highest BCUT2D eigenvalue weighted by Gasteiger charge is 1.94. The lowest BCUT2D eigenvalue weighted by atomic mass is 10.4. The Bertz CT molecular complexity index is 210. The van der Waals surface area contributed by atoms with E-state index in [2.05, 4.69) is 10.3 Å². The second-order valence-electron chi connectivity index (χ2n) is 2.25. The van der Waals surface area contributed by atoms with E-state index in [0.29, 0.717) is 5.82 Å². The molecule has 0 bridgehead atoms. The van der Waals surface area contributed by atoms with E-state index in [1.165, 1.54) is 0 Å². The maximum atomic E-state index is 5.36. The van der Waals surface area contributed by atoms with Crippen molar-refractivity contribution in [1.82, 2.24) is 15.0 Å². The maximum Gasteiger partial charge on any atom is 0.165 e. The SMILES string of the molecule is COCCCn1cc(N)nn1. The first-order valence-electron chi connectivity index (χ1n) is 3.47. The van der Waals surface area contributed by atoms with E-state index in [1.54, 1.807) is 18.0 Å². The summed E-state index contributed by atoms with van der Waals surface area (Å²) in [6.45, 7) is 1.54. The Balaban J connectivity index is 2.27. The van der Waals surface area contributed by atoms with Gasteiger partial charge in [-0.3, -0.25) is 4.68 Å². The van der Waals surface area contributed by atoms with Crippen molar-refractivity contribution >= 4 is 5.82 Å². The van der Waals surface area contributed by atoms with Gasteiger partial charge in [0.15, 0.2) is 5.82 Å². The van der Waals surface area contributed by atoms with Gasteiger partial charge in [-0.05, 0) is 6.42 Å². The molecular formula is C6H12N4O. The first kappa shape index (κ1) is 8.00. The van der Waals surface area contributed by atoms with Gasteiger partial charge in [0.05, 0.1) is 6.20 Å². The topological polar surface area (TPSA) is 66.0 Å². The summed E-state index contributed by atoms with van der Waals surface area (Å²) in [5.41, 5.74) is 5.36. The van der Waals surface area contributed by atoms with Crippen LogP contribution in [0.3, 0.4) is 0 Å². The number of methoxy groups -OCH3 is 1. The number of nitrogen functional groups attached to an aromatic ring is 1. The average molecular weight is 156 g/mol. The Morgan fingerprint density at radius 1 is 1.73 bits per heavy atom. The molecule has 0 unspecified atom stereocenters. The third-order valence-corrected chi connectivity index (χ3v) is 1.29. The zero-order chi connectivity index (χ0) is 8.10. The van der Waals surface area contributed by atoms with Crippen LogP contribution >= 0.6 is 0 Å². The Kier molecular flexibility index (Phi) is 2.85. The third kappa shape index (κ3) is 2.55. The fourth-order valence-corrected chi connectivity index (χ4v) is 0.794. The second-order valence-corrected chi connectivity index (χ2v) is 2.25. The van der Waals surface area contributed by atoms with E-state index in [9.17, 15) is 0 Å². The number of nitrogens with zero attached hydrogens (tertiary/aromatic N) is 3. The number of aryl methyl sites for hydroxylation is 1. The average Bonchev–Trinajstić information content (AvgIpc) is 2.37. The summed E-state index contributed by atoms with van der Waals surface area (Å²) in [5, 5.41) is 7.42. The van der Waals surface area contributed by atoms with Crippen LogP contribution in [0.5, 0.6) is 0 Å². The minimum Gasteiger partial charge on any atom is -0.385 e. The molecule has 0 saturated carbocycles. The Morgan fingerprint density at radius 3 is 3.09 bits per heavy atom. The molecular weight excluding hydrogens is 144 g/mol. The van der Waals surface area contributed by atoms with E-state index >= 15 is 0 Å². The van der Waals surface area contributed by atoms with Crippen molar-refractivity contribution in [3.63, 3.8) is 0 Å². The zero-order valence-corrected chi connectivity index (χ0v) is 6.53. The molecule has 62 valence electrons. The monoisotopic (exact) mass is 156 g/mol. The molecule has 5 heteroatoms. The largest absolute Gasteiger partial charge is 0.385 e. The lowest BCUT2D eigenvalue weighted by molar-refractivity contribution is 0.189. The summed E-state index contributed by atoms with van der Waals surface area (Å²) < 4.78 is 6.58. The Morgan fingerprint density at radius 2 is 2.55 bits per heavy atom. The summed E-state index contributed by atoms with van der Waals surface area (Å²) in [7, 11) is 1.68.